The van der Waals surface area contributed by atoms with E-state index in [9.17, 15) is 9.59 Å². The first-order chi connectivity index (χ1) is 18.4. The van der Waals surface area contributed by atoms with Gasteiger partial charge in [0.15, 0.2) is 17.4 Å². The third-order valence-corrected chi connectivity index (χ3v) is 6.66. The lowest BCUT2D eigenvalue weighted by Gasteiger charge is -2.25. The number of hydrogen-bond acceptors (Lipinski definition) is 9. The fourth-order valence-electron chi connectivity index (χ4n) is 4.40. The number of aryl methyl sites for hydroxylation is 1. The number of pyridine rings is 1. The molecule has 196 valence electrons. The monoisotopic (exact) mass is 514 g/mol. The predicted octanol–water partition coefficient (Wildman–Crippen LogP) is 4.32. The number of ketones is 1. The quantitative estimate of drug-likeness (QED) is 0.297. The van der Waals surface area contributed by atoms with Crippen LogP contribution in [-0.4, -0.2) is 42.2 Å². The molecule has 2 N–H and O–H groups in total. The Kier molecular flexibility index (Phi) is 7.16. The second kappa shape index (κ2) is 10.8. The van der Waals surface area contributed by atoms with Gasteiger partial charge >= 0.3 is 5.69 Å². The molecular weight excluding hydrogens is 484 g/mol. The van der Waals surface area contributed by atoms with Crippen LogP contribution in [0.25, 0.3) is 11.4 Å². The summed E-state index contributed by atoms with van der Waals surface area (Å²) >= 11 is 0. The summed E-state index contributed by atoms with van der Waals surface area (Å²) in [6, 6.07) is 9.06. The van der Waals surface area contributed by atoms with Gasteiger partial charge in [-0.05, 0) is 37.0 Å². The van der Waals surface area contributed by atoms with Crippen molar-refractivity contribution in [2.45, 2.75) is 39.2 Å². The van der Waals surface area contributed by atoms with E-state index in [1.807, 2.05) is 18.2 Å². The zero-order chi connectivity index (χ0) is 26.6. The highest BCUT2D eigenvalue weighted by Crippen LogP contribution is 2.37. The fraction of sp³-hybridized carbons (Fsp3) is 0.333. The third-order valence-electron chi connectivity index (χ3n) is 6.66. The maximum absolute atomic E-state index is 12.7. The normalized spacial score (nSPS) is 13.1. The number of aromatic nitrogens is 6. The number of methoxy groups -OCH3 is 1. The second-order valence-corrected chi connectivity index (χ2v) is 9.31. The van der Waals surface area contributed by atoms with Crippen molar-refractivity contribution in [1.82, 2.24) is 29.3 Å². The first-order valence-corrected chi connectivity index (χ1v) is 12.6. The van der Waals surface area contributed by atoms with Crippen LogP contribution in [0.15, 0.2) is 53.8 Å². The Morgan fingerprint density at radius 3 is 2.63 bits per heavy atom. The number of nitrogens with zero attached hydrogens (tertiary/aromatic N) is 6. The average molecular weight is 515 g/mol. The van der Waals surface area contributed by atoms with E-state index >= 15 is 0 Å². The molecule has 0 radical (unpaired) electrons. The van der Waals surface area contributed by atoms with Gasteiger partial charge in [0.1, 0.15) is 18.0 Å². The Balaban J connectivity index is 1.45. The van der Waals surface area contributed by atoms with Crippen molar-refractivity contribution in [2.75, 3.05) is 17.7 Å². The van der Waals surface area contributed by atoms with E-state index in [0.717, 1.165) is 12.8 Å². The maximum atomic E-state index is 12.7. The number of nitrogens with one attached hydrogen (secondary N) is 2. The van der Waals surface area contributed by atoms with E-state index < -0.39 is 0 Å². The van der Waals surface area contributed by atoms with E-state index in [0.29, 0.717) is 64.6 Å². The van der Waals surface area contributed by atoms with Gasteiger partial charge in [0.05, 0.1) is 29.6 Å². The maximum Gasteiger partial charge on any atom is 0.349 e. The second-order valence-electron chi connectivity index (χ2n) is 9.31. The summed E-state index contributed by atoms with van der Waals surface area (Å²) in [5, 5.41) is 10.8. The summed E-state index contributed by atoms with van der Waals surface area (Å²) in [4.78, 5) is 38.2. The van der Waals surface area contributed by atoms with Crippen molar-refractivity contribution in [3.8, 4) is 17.1 Å². The molecule has 1 saturated carbocycles. The number of hydrogen-bond donors (Lipinski definition) is 2. The summed E-state index contributed by atoms with van der Waals surface area (Å²) in [5.74, 6) is 2.37. The number of carbonyl (C=O) groups excluding carboxylic acids is 1. The van der Waals surface area contributed by atoms with Crippen molar-refractivity contribution in [2.24, 2.45) is 13.0 Å². The van der Waals surface area contributed by atoms with Gasteiger partial charge in [-0.15, -0.1) is 0 Å². The van der Waals surface area contributed by atoms with Gasteiger partial charge in [0, 0.05) is 38.5 Å². The van der Waals surface area contributed by atoms with Crippen LogP contribution in [0.1, 0.15) is 43.0 Å². The molecule has 38 heavy (non-hydrogen) atoms. The van der Waals surface area contributed by atoms with Gasteiger partial charge in [-0.1, -0.05) is 19.4 Å². The van der Waals surface area contributed by atoms with E-state index in [2.05, 4.69) is 30.7 Å². The Hall–Kier alpha value is -4.54. The smallest absolute Gasteiger partial charge is 0.349 e. The molecule has 0 atom stereocenters. The third kappa shape index (κ3) is 5.26. The van der Waals surface area contributed by atoms with Gasteiger partial charge < -0.3 is 15.4 Å². The molecule has 3 aromatic heterocycles. The van der Waals surface area contributed by atoms with Gasteiger partial charge in [0.2, 0.25) is 0 Å². The number of ether oxygens (including phenoxy) is 1. The van der Waals surface area contributed by atoms with Gasteiger partial charge in [-0.2, -0.15) is 10.1 Å². The van der Waals surface area contributed by atoms with E-state index in [-0.39, 0.29) is 11.5 Å². The molecule has 0 amide bonds. The van der Waals surface area contributed by atoms with Crippen molar-refractivity contribution in [3.63, 3.8) is 0 Å². The van der Waals surface area contributed by atoms with Crippen LogP contribution in [0.4, 0.5) is 23.0 Å². The Bertz CT molecular complexity index is 1520. The van der Waals surface area contributed by atoms with Crippen LogP contribution in [-0.2, 0) is 13.6 Å². The van der Waals surface area contributed by atoms with E-state index in [4.69, 9.17) is 4.74 Å². The molecule has 5 rings (SSSR count). The first kappa shape index (κ1) is 25.1. The predicted molar refractivity (Wildman–Crippen MR) is 144 cm³/mol. The van der Waals surface area contributed by atoms with E-state index in [1.54, 1.807) is 55.0 Å². The van der Waals surface area contributed by atoms with Crippen LogP contribution in [0.2, 0.25) is 0 Å². The molecule has 1 fully saturated rings. The summed E-state index contributed by atoms with van der Waals surface area (Å²) in [5.41, 5.74) is 2.02. The number of carbonyl (C=O) groups is 1. The minimum atomic E-state index is -0.303. The van der Waals surface area contributed by atoms with Gasteiger partial charge in [-0.25, -0.2) is 14.8 Å². The number of anilines is 4. The summed E-state index contributed by atoms with van der Waals surface area (Å²) < 4.78 is 8.98. The Labute approximate surface area is 219 Å². The lowest BCUT2D eigenvalue weighted by atomic mass is 9.85. The fourth-order valence-corrected chi connectivity index (χ4v) is 4.40. The summed E-state index contributed by atoms with van der Waals surface area (Å²) in [6.45, 7) is 2.50. The topological polar surface area (TPSA) is 129 Å². The number of para-hydroxylation sites is 1. The van der Waals surface area contributed by atoms with Crippen LogP contribution in [0, 0.1) is 5.92 Å². The van der Waals surface area contributed by atoms with E-state index in [1.165, 1.54) is 12.6 Å². The summed E-state index contributed by atoms with van der Waals surface area (Å²) in [6.07, 6.45) is 8.74. The summed E-state index contributed by atoms with van der Waals surface area (Å²) in [7, 11) is 3.37. The highest BCUT2D eigenvalue weighted by molar-refractivity contribution is 6.02. The van der Waals surface area contributed by atoms with Crippen molar-refractivity contribution in [3.05, 3.63) is 65.1 Å². The molecule has 11 heteroatoms. The zero-order valence-corrected chi connectivity index (χ0v) is 21.6. The van der Waals surface area contributed by atoms with Gasteiger partial charge in [0.25, 0.3) is 0 Å². The SMILES string of the molecule is CCC(=O)c1cnc(Nc2ccn(CC3CCC3)c(=O)n2)cc1Nc1cccc(-c2ncn(C)n2)c1OC. The lowest BCUT2D eigenvalue weighted by molar-refractivity contribution is 0.0988. The molecule has 0 unspecified atom stereocenters. The Morgan fingerprint density at radius 2 is 1.97 bits per heavy atom. The van der Waals surface area contributed by atoms with Crippen molar-refractivity contribution in [1.29, 1.82) is 0 Å². The largest absolute Gasteiger partial charge is 0.494 e. The van der Waals surface area contributed by atoms with Gasteiger partial charge in [-0.3, -0.25) is 14.0 Å². The Morgan fingerprint density at radius 1 is 1.13 bits per heavy atom. The molecule has 1 aliphatic carbocycles. The number of rotatable bonds is 10. The molecule has 0 aliphatic heterocycles. The molecule has 4 aromatic rings. The highest BCUT2D eigenvalue weighted by atomic mass is 16.5. The number of benzene rings is 1. The van der Waals surface area contributed by atoms with Crippen molar-refractivity contribution < 1.29 is 9.53 Å². The minimum Gasteiger partial charge on any atom is -0.494 e. The molecule has 0 bridgehead atoms. The first-order valence-electron chi connectivity index (χ1n) is 12.6. The standard InChI is InChI=1S/C27H30N8O3/c1-4-22(36)19-14-28-24(31-23-11-12-35(27(37)32-23)15-17-7-5-8-17)13-21(19)30-20-10-6-9-18(25(20)38-3)26-29-16-34(2)33-26/h6,9-14,16-17H,4-5,7-8,15H2,1-3H3,(H2,28,30,31,32,37). The lowest BCUT2D eigenvalue weighted by Crippen LogP contribution is -2.28. The molecule has 0 saturated heterocycles. The molecule has 11 nitrogen and oxygen atoms in total. The van der Waals surface area contributed by atoms with Crippen LogP contribution >= 0.6 is 0 Å². The zero-order valence-electron chi connectivity index (χ0n) is 21.6. The molecule has 0 spiro atoms. The molecule has 3 heterocycles. The van der Waals surface area contributed by atoms with Crippen LogP contribution < -0.4 is 21.1 Å². The van der Waals surface area contributed by atoms with Crippen LogP contribution in [0.5, 0.6) is 5.75 Å². The molecule has 1 aromatic carbocycles. The molecule has 1 aliphatic rings. The number of Topliss-reactive ketones (excluding diaryl/α,β-unsaturated/α-hetero) is 1. The molecular formula is C27H30N8O3. The van der Waals surface area contributed by atoms with Crippen LogP contribution in [0.3, 0.4) is 0 Å². The minimum absolute atomic E-state index is 0.0650. The van der Waals surface area contributed by atoms with Crippen molar-refractivity contribution >= 4 is 28.8 Å². The highest BCUT2D eigenvalue weighted by Gasteiger charge is 2.19. The average Bonchev–Trinajstić information content (AvgIpc) is 3.33.